The second-order valence-electron chi connectivity index (χ2n) is 7.28. The number of likely N-dealkylation sites (tertiary alicyclic amines) is 1. The number of hydrogen-bond acceptors (Lipinski definition) is 3. The van der Waals surface area contributed by atoms with Crippen molar-refractivity contribution in [3.05, 3.63) is 52.6 Å². The monoisotopic (exact) mass is 374 g/mol. The third-order valence-electron chi connectivity index (χ3n) is 5.11. The molecule has 1 aliphatic rings. The highest BCUT2D eigenvalue weighted by Gasteiger charge is 2.28. The molecule has 0 spiro atoms. The lowest BCUT2D eigenvalue weighted by atomic mass is 9.96. The summed E-state index contributed by atoms with van der Waals surface area (Å²) in [6.45, 7) is 5.30. The van der Waals surface area contributed by atoms with Crippen LogP contribution in [-0.4, -0.2) is 59.0 Å². The molecular weight excluding hydrogens is 348 g/mol. The lowest BCUT2D eigenvalue weighted by Crippen LogP contribution is -2.40. The Morgan fingerprint density at radius 3 is 2.96 bits per heavy atom. The molecule has 0 bridgehead atoms. The van der Waals surface area contributed by atoms with Crippen LogP contribution < -0.4 is 0 Å². The van der Waals surface area contributed by atoms with Crippen LogP contribution in [0.1, 0.15) is 40.5 Å². The highest BCUT2D eigenvalue weighted by Crippen LogP contribution is 2.28. The molecule has 1 amide bonds. The Balaban J connectivity index is 1.75. The first kappa shape index (κ1) is 18.9. The summed E-state index contributed by atoms with van der Waals surface area (Å²) in [5.74, 6) is 1.44. The number of halogens is 1. The maximum absolute atomic E-state index is 13.0. The zero-order chi connectivity index (χ0) is 18.7. The summed E-state index contributed by atoms with van der Waals surface area (Å²) in [6.07, 6.45) is 5.97. The van der Waals surface area contributed by atoms with Crippen molar-refractivity contribution in [3.8, 4) is 0 Å². The molecular formula is C20H27ClN4O. The lowest BCUT2D eigenvalue weighted by Gasteiger charge is -2.33. The predicted molar refractivity (Wildman–Crippen MR) is 105 cm³/mol. The Kier molecular flexibility index (Phi) is 5.99. The summed E-state index contributed by atoms with van der Waals surface area (Å²) in [7, 11) is 4.15. The molecule has 2 aromatic rings. The summed E-state index contributed by atoms with van der Waals surface area (Å²) in [5.41, 5.74) is 1.56. The first-order valence-electron chi connectivity index (χ1n) is 9.17. The van der Waals surface area contributed by atoms with E-state index in [1.165, 1.54) is 0 Å². The second-order valence-corrected chi connectivity index (χ2v) is 7.69. The van der Waals surface area contributed by atoms with Crippen LogP contribution in [0.15, 0.2) is 30.6 Å². The van der Waals surface area contributed by atoms with E-state index >= 15 is 0 Å². The molecule has 0 saturated carbocycles. The van der Waals surface area contributed by atoms with E-state index in [1.54, 1.807) is 0 Å². The number of carbonyl (C=O) groups excluding carboxylic acids is 1. The second kappa shape index (κ2) is 8.23. The van der Waals surface area contributed by atoms with Crippen molar-refractivity contribution in [2.75, 3.05) is 33.7 Å². The molecule has 6 heteroatoms. The number of hydrogen-bond donors (Lipinski definition) is 0. The van der Waals surface area contributed by atoms with Crippen molar-refractivity contribution in [1.29, 1.82) is 0 Å². The van der Waals surface area contributed by atoms with E-state index in [1.807, 2.05) is 42.4 Å². The summed E-state index contributed by atoms with van der Waals surface area (Å²) in [6, 6.07) is 5.54. The Labute approximate surface area is 160 Å². The van der Waals surface area contributed by atoms with E-state index in [0.717, 1.165) is 43.9 Å². The number of imidazole rings is 1. The largest absolute Gasteiger partial charge is 0.338 e. The molecule has 0 radical (unpaired) electrons. The molecule has 0 aliphatic carbocycles. The quantitative estimate of drug-likeness (QED) is 0.805. The number of benzene rings is 1. The highest BCUT2D eigenvalue weighted by molar-refractivity contribution is 6.31. The molecule has 2 heterocycles. The first-order valence-corrected chi connectivity index (χ1v) is 9.55. The highest BCUT2D eigenvalue weighted by atomic mass is 35.5. The summed E-state index contributed by atoms with van der Waals surface area (Å²) >= 11 is 6.20. The average Bonchev–Trinajstić information content (AvgIpc) is 3.10. The van der Waals surface area contributed by atoms with Gasteiger partial charge in [-0.05, 0) is 51.6 Å². The molecule has 1 atom stereocenters. The van der Waals surface area contributed by atoms with E-state index in [-0.39, 0.29) is 11.8 Å². The topological polar surface area (TPSA) is 41.4 Å². The molecule has 1 aliphatic heterocycles. The predicted octanol–water partition coefficient (Wildman–Crippen LogP) is 3.43. The van der Waals surface area contributed by atoms with Gasteiger partial charge in [0.1, 0.15) is 5.82 Å². The fraction of sp³-hybridized carbons (Fsp3) is 0.500. The van der Waals surface area contributed by atoms with Gasteiger partial charge in [-0.25, -0.2) is 4.98 Å². The number of aromatic nitrogens is 2. The van der Waals surface area contributed by atoms with Gasteiger partial charge in [-0.1, -0.05) is 17.7 Å². The minimum atomic E-state index is 0.0705. The van der Waals surface area contributed by atoms with Gasteiger partial charge in [-0.2, -0.15) is 0 Å². The zero-order valence-corrected chi connectivity index (χ0v) is 16.5. The fourth-order valence-corrected chi connectivity index (χ4v) is 3.73. The third-order valence-corrected chi connectivity index (χ3v) is 5.52. The average molecular weight is 375 g/mol. The number of rotatable bonds is 5. The Bertz CT molecular complexity index is 771. The van der Waals surface area contributed by atoms with E-state index in [2.05, 4.69) is 28.5 Å². The maximum Gasteiger partial charge on any atom is 0.254 e. The zero-order valence-electron chi connectivity index (χ0n) is 15.8. The van der Waals surface area contributed by atoms with E-state index in [9.17, 15) is 4.79 Å². The van der Waals surface area contributed by atoms with Gasteiger partial charge in [-0.15, -0.1) is 0 Å². The van der Waals surface area contributed by atoms with Gasteiger partial charge in [0.15, 0.2) is 0 Å². The molecule has 1 saturated heterocycles. The minimum absolute atomic E-state index is 0.0705. The molecule has 1 aromatic carbocycles. The maximum atomic E-state index is 13.0. The summed E-state index contributed by atoms with van der Waals surface area (Å²) in [4.78, 5) is 21.7. The molecule has 140 valence electrons. The van der Waals surface area contributed by atoms with Gasteiger partial charge in [0.25, 0.3) is 5.91 Å². The minimum Gasteiger partial charge on any atom is -0.338 e. The number of nitrogens with zero attached hydrogens (tertiary/aromatic N) is 4. The van der Waals surface area contributed by atoms with Gasteiger partial charge in [0.2, 0.25) is 0 Å². The van der Waals surface area contributed by atoms with E-state index in [0.29, 0.717) is 17.1 Å². The van der Waals surface area contributed by atoms with Crippen LogP contribution in [0.3, 0.4) is 0 Å². The summed E-state index contributed by atoms with van der Waals surface area (Å²) < 4.78 is 2.23. The van der Waals surface area contributed by atoms with E-state index in [4.69, 9.17) is 11.6 Å². The van der Waals surface area contributed by atoms with Gasteiger partial charge in [-0.3, -0.25) is 4.79 Å². The molecule has 0 unspecified atom stereocenters. The third kappa shape index (κ3) is 4.10. The number of amides is 1. The number of likely N-dealkylation sites (N-methyl/N-ethyl adjacent to an activating group) is 1. The number of carbonyl (C=O) groups is 1. The fourth-order valence-electron chi connectivity index (χ4n) is 3.56. The van der Waals surface area contributed by atoms with Crippen molar-refractivity contribution in [1.82, 2.24) is 19.4 Å². The SMILES string of the molecule is Cc1c(Cl)cccc1C(=O)N1CCC[C@@H](c2nccn2CCN(C)C)C1. The summed E-state index contributed by atoms with van der Waals surface area (Å²) in [5, 5.41) is 0.642. The van der Waals surface area contributed by atoms with Gasteiger partial charge in [0, 0.05) is 55.1 Å². The first-order chi connectivity index (χ1) is 12.5. The van der Waals surface area contributed by atoms with Crippen molar-refractivity contribution in [2.24, 2.45) is 0 Å². The van der Waals surface area contributed by atoms with Crippen LogP contribution in [0.5, 0.6) is 0 Å². The van der Waals surface area contributed by atoms with Gasteiger partial charge < -0.3 is 14.4 Å². The Morgan fingerprint density at radius 1 is 1.38 bits per heavy atom. The lowest BCUT2D eigenvalue weighted by molar-refractivity contribution is 0.0702. The molecule has 1 aromatic heterocycles. The Morgan fingerprint density at radius 2 is 2.19 bits per heavy atom. The molecule has 26 heavy (non-hydrogen) atoms. The van der Waals surface area contributed by atoms with Crippen molar-refractivity contribution < 1.29 is 4.79 Å². The van der Waals surface area contributed by atoms with Crippen molar-refractivity contribution >= 4 is 17.5 Å². The van der Waals surface area contributed by atoms with Crippen molar-refractivity contribution in [3.63, 3.8) is 0 Å². The van der Waals surface area contributed by atoms with Crippen LogP contribution in [0.25, 0.3) is 0 Å². The normalized spacial score (nSPS) is 17.7. The van der Waals surface area contributed by atoms with Crippen LogP contribution >= 0.6 is 11.6 Å². The van der Waals surface area contributed by atoms with Crippen LogP contribution in [0.2, 0.25) is 5.02 Å². The van der Waals surface area contributed by atoms with Crippen LogP contribution in [0, 0.1) is 6.92 Å². The van der Waals surface area contributed by atoms with Gasteiger partial charge in [0.05, 0.1) is 0 Å². The molecule has 5 nitrogen and oxygen atoms in total. The molecule has 1 fully saturated rings. The number of piperidine rings is 1. The molecule has 0 N–H and O–H groups in total. The van der Waals surface area contributed by atoms with Crippen LogP contribution in [0.4, 0.5) is 0 Å². The van der Waals surface area contributed by atoms with Crippen molar-refractivity contribution in [2.45, 2.75) is 32.2 Å². The molecule has 3 rings (SSSR count). The van der Waals surface area contributed by atoms with Gasteiger partial charge >= 0.3 is 0 Å². The standard InChI is InChI=1S/C20H27ClN4O/c1-15-17(7-4-8-18(15)21)20(26)25-10-5-6-16(14-25)19-22-9-11-24(19)13-12-23(2)3/h4,7-9,11,16H,5-6,10,12-14H2,1-3H3/t16-/m1/s1. The van der Waals surface area contributed by atoms with Crippen LogP contribution in [-0.2, 0) is 6.54 Å². The van der Waals surface area contributed by atoms with E-state index < -0.39 is 0 Å². The smallest absolute Gasteiger partial charge is 0.254 e. The Hall–Kier alpha value is -1.85.